The highest BCUT2D eigenvalue weighted by Crippen LogP contribution is 2.41. The summed E-state index contributed by atoms with van der Waals surface area (Å²) >= 11 is 6.53. The van der Waals surface area contributed by atoms with Gasteiger partial charge < -0.3 is 29.4 Å². The minimum Gasteiger partial charge on any atom is -0.543 e. The lowest BCUT2D eigenvalue weighted by Crippen LogP contribution is -2.44. The van der Waals surface area contributed by atoms with Crippen molar-refractivity contribution in [1.29, 1.82) is 0 Å². The van der Waals surface area contributed by atoms with Crippen molar-refractivity contribution < 1.29 is 18.7 Å². The number of aryl methyl sites for hydroxylation is 1. The number of ether oxygens (including phenoxy) is 2. The summed E-state index contributed by atoms with van der Waals surface area (Å²) in [4.78, 5) is 24.5. The van der Waals surface area contributed by atoms with Gasteiger partial charge >= 0.3 is 0 Å². The smallest absolute Gasteiger partial charge is 0.262 e. The molecule has 1 amide bonds. The molecule has 0 bridgehead atoms. The fourth-order valence-electron chi connectivity index (χ4n) is 4.54. The molecule has 0 radical (unpaired) electrons. The maximum atomic E-state index is 13.4. The average molecular weight is 626 g/mol. The van der Waals surface area contributed by atoms with Crippen LogP contribution in [0.4, 0.5) is 17.3 Å². The van der Waals surface area contributed by atoms with Crippen LogP contribution in [0, 0.1) is 13.8 Å². The summed E-state index contributed by atoms with van der Waals surface area (Å²) in [5.41, 5.74) is 3.22. The van der Waals surface area contributed by atoms with Gasteiger partial charge in [-0.1, -0.05) is 32.4 Å². The molecule has 2 heterocycles. The Balaban J connectivity index is 1.48. The van der Waals surface area contributed by atoms with E-state index in [1.807, 2.05) is 38.1 Å². The number of hydrogen-bond donors (Lipinski definition) is 2. The van der Waals surface area contributed by atoms with Crippen molar-refractivity contribution in [3.63, 3.8) is 0 Å². The molecule has 1 fully saturated rings. The lowest BCUT2D eigenvalue weighted by molar-refractivity contribution is 0.102. The van der Waals surface area contributed by atoms with Gasteiger partial charge in [0.15, 0.2) is 0 Å². The van der Waals surface area contributed by atoms with E-state index < -0.39 is 14.2 Å². The van der Waals surface area contributed by atoms with Crippen LogP contribution < -0.4 is 24.5 Å². The highest BCUT2D eigenvalue weighted by atomic mass is 35.5. The Bertz CT molecular complexity index is 1470. The van der Waals surface area contributed by atoms with Crippen LogP contribution >= 0.6 is 11.6 Å². The van der Waals surface area contributed by atoms with Crippen molar-refractivity contribution in [2.45, 2.75) is 71.7 Å². The largest absolute Gasteiger partial charge is 0.543 e. The zero-order valence-electron chi connectivity index (χ0n) is 26.7. The summed E-state index contributed by atoms with van der Waals surface area (Å²) in [6.45, 7) is 16.9. The molecule has 9 nitrogen and oxygen atoms in total. The third-order valence-electron chi connectivity index (χ3n) is 8.36. The van der Waals surface area contributed by atoms with E-state index in [4.69, 9.17) is 25.5 Å². The van der Waals surface area contributed by atoms with Crippen LogP contribution in [-0.4, -0.2) is 62.4 Å². The molecule has 0 saturated carbocycles. The van der Waals surface area contributed by atoms with Gasteiger partial charge in [-0.3, -0.25) is 4.79 Å². The van der Waals surface area contributed by atoms with Crippen LogP contribution in [0.1, 0.15) is 55.1 Å². The second-order valence-corrected chi connectivity index (χ2v) is 17.8. The number of aromatic nitrogens is 2. The number of nitrogens with zero attached hydrogens (tertiary/aromatic N) is 3. The first-order valence-corrected chi connectivity index (χ1v) is 17.9. The molecule has 1 aromatic heterocycles. The van der Waals surface area contributed by atoms with Crippen LogP contribution in [0.2, 0.25) is 23.2 Å². The van der Waals surface area contributed by atoms with Crippen molar-refractivity contribution in [3.05, 3.63) is 58.2 Å². The second kappa shape index (κ2) is 13.1. The van der Waals surface area contributed by atoms with E-state index in [1.165, 1.54) is 13.3 Å². The molecule has 43 heavy (non-hydrogen) atoms. The summed E-state index contributed by atoms with van der Waals surface area (Å²) in [5, 5.41) is 6.55. The lowest BCUT2D eigenvalue weighted by atomic mass is 10.1. The summed E-state index contributed by atoms with van der Waals surface area (Å²) in [6.07, 6.45) is 3.70. The Morgan fingerprint density at radius 2 is 1.77 bits per heavy atom. The molecule has 4 rings (SSSR count). The molecule has 0 aliphatic carbocycles. The second-order valence-electron chi connectivity index (χ2n) is 12.7. The van der Waals surface area contributed by atoms with Crippen LogP contribution in [0.15, 0.2) is 36.5 Å². The van der Waals surface area contributed by atoms with Gasteiger partial charge in [-0.25, -0.2) is 4.98 Å². The fraction of sp³-hybridized carbons (Fsp3) is 0.469. The summed E-state index contributed by atoms with van der Waals surface area (Å²) in [6, 6.07) is 9.47. The van der Waals surface area contributed by atoms with E-state index in [0.29, 0.717) is 22.4 Å². The Labute approximate surface area is 261 Å². The molecule has 3 aromatic rings. The fourth-order valence-corrected chi connectivity index (χ4v) is 5.87. The van der Waals surface area contributed by atoms with Crippen molar-refractivity contribution in [2.75, 3.05) is 37.9 Å². The highest BCUT2D eigenvalue weighted by molar-refractivity contribution is 6.74. The van der Waals surface area contributed by atoms with E-state index >= 15 is 0 Å². The van der Waals surface area contributed by atoms with E-state index in [2.05, 4.69) is 66.4 Å². The Morgan fingerprint density at radius 3 is 2.40 bits per heavy atom. The first kappa shape index (κ1) is 32.6. The van der Waals surface area contributed by atoms with Crippen LogP contribution in [0.5, 0.6) is 17.4 Å². The Kier molecular flexibility index (Phi) is 9.93. The normalized spacial score (nSPS) is 14.7. The van der Waals surface area contributed by atoms with Gasteiger partial charge in [-0.2, -0.15) is 4.98 Å². The van der Waals surface area contributed by atoms with E-state index in [0.717, 1.165) is 48.5 Å². The van der Waals surface area contributed by atoms with E-state index in [1.54, 1.807) is 6.07 Å². The number of amides is 1. The lowest BCUT2D eigenvalue weighted by Gasteiger charge is -2.37. The maximum Gasteiger partial charge on any atom is 0.262 e. The predicted molar refractivity (Wildman–Crippen MR) is 176 cm³/mol. The summed E-state index contributed by atoms with van der Waals surface area (Å²) in [5.74, 6) is 1.57. The van der Waals surface area contributed by atoms with E-state index in [9.17, 15) is 4.79 Å². The third kappa shape index (κ3) is 7.79. The Hall–Kier alpha value is -3.34. The summed E-state index contributed by atoms with van der Waals surface area (Å²) < 4.78 is 18.3. The van der Waals surface area contributed by atoms with Crippen molar-refractivity contribution in [1.82, 2.24) is 14.9 Å². The molecule has 2 aromatic carbocycles. The van der Waals surface area contributed by atoms with Crippen LogP contribution in [0.25, 0.3) is 0 Å². The number of halogens is 1. The molecule has 0 spiro atoms. The van der Waals surface area contributed by atoms with Gasteiger partial charge in [-0.15, -0.1) is 0 Å². The number of likely N-dealkylation sites (tertiary alicyclic amines) is 1. The van der Waals surface area contributed by atoms with Crippen molar-refractivity contribution in [2.24, 2.45) is 0 Å². The quantitative estimate of drug-likeness (QED) is 0.235. The Morgan fingerprint density at radius 1 is 1.09 bits per heavy atom. The number of methoxy groups -OCH3 is 1. The molecule has 1 aliphatic rings. The van der Waals surface area contributed by atoms with E-state index in [-0.39, 0.29) is 22.6 Å². The number of carbonyl (C=O) groups is 1. The highest BCUT2D eigenvalue weighted by Gasteiger charge is 2.39. The van der Waals surface area contributed by atoms with Gasteiger partial charge in [0.2, 0.25) is 20.1 Å². The number of hydrogen-bond acceptors (Lipinski definition) is 8. The molecular weight excluding hydrogens is 582 g/mol. The number of rotatable bonds is 9. The zero-order chi connectivity index (χ0) is 31.5. The molecule has 1 saturated heterocycles. The number of benzene rings is 2. The van der Waals surface area contributed by atoms with Crippen molar-refractivity contribution >= 4 is 43.1 Å². The number of nitrogens with one attached hydrogen (secondary N) is 2. The standard InChI is InChI=1S/C32H44ClN5O4Si/c1-20-18-22(10-12-26(20)41-23-14-16-38(6)17-15-23)35-31-34-19-24(30(37-31)40-7)29(39)36-28-21(2)27(13-11-25(28)33)42-43(8,9)32(3,4)5/h10-13,18-19,23H,14-17H2,1-9H3,(H,36,39)(H,34,35,37). The molecule has 232 valence electrons. The van der Waals surface area contributed by atoms with Crippen molar-refractivity contribution in [3.8, 4) is 17.4 Å². The topological polar surface area (TPSA) is 97.8 Å². The van der Waals surface area contributed by atoms with Gasteiger partial charge in [0.25, 0.3) is 5.91 Å². The molecule has 0 atom stereocenters. The molecule has 1 aliphatic heterocycles. The monoisotopic (exact) mass is 625 g/mol. The van der Waals surface area contributed by atoms with Gasteiger partial charge in [0.05, 0.1) is 17.8 Å². The molecule has 0 unspecified atom stereocenters. The number of anilines is 3. The van der Waals surface area contributed by atoms with Crippen LogP contribution in [-0.2, 0) is 0 Å². The minimum absolute atomic E-state index is 0.0178. The first-order chi connectivity index (χ1) is 20.2. The number of carbonyl (C=O) groups excluding carboxylic acids is 1. The van der Waals surface area contributed by atoms with Crippen LogP contribution in [0.3, 0.4) is 0 Å². The summed E-state index contributed by atoms with van der Waals surface area (Å²) in [7, 11) is 1.50. The first-order valence-electron chi connectivity index (χ1n) is 14.6. The maximum absolute atomic E-state index is 13.4. The van der Waals surface area contributed by atoms with Gasteiger partial charge in [0.1, 0.15) is 23.2 Å². The molecular formula is C32H44ClN5O4Si. The minimum atomic E-state index is -2.11. The number of piperidine rings is 1. The molecule has 2 N–H and O–H groups in total. The average Bonchev–Trinajstić information content (AvgIpc) is 2.94. The SMILES string of the molecule is COc1nc(Nc2ccc(OC3CCN(C)CC3)c(C)c2)ncc1C(=O)Nc1c(Cl)ccc(O[Si](C)(C)C(C)(C)C)c1C. The van der Waals surface area contributed by atoms with Gasteiger partial charge in [0, 0.05) is 30.5 Å². The third-order valence-corrected chi connectivity index (χ3v) is 13.0. The zero-order valence-corrected chi connectivity index (χ0v) is 28.5. The predicted octanol–water partition coefficient (Wildman–Crippen LogP) is 7.61. The molecule has 11 heteroatoms. The van der Waals surface area contributed by atoms with Gasteiger partial charge in [-0.05, 0) is 87.8 Å².